The average Bonchev–Trinajstić information content (AvgIpc) is 3.14. The van der Waals surface area contributed by atoms with E-state index in [0.29, 0.717) is 0 Å². The third kappa shape index (κ3) is 2.65. The summed E-state index contributed by atoms with van der Waals surface area (Å²) in [4.78, 5) is 4.17. The molecule has 5 nitrogen and oxygen atoms in total. The molecule has 0 radical (unpaired) electrons. The van der Waals surface area contributed by atoms with E-state index in [9.17, 15) is 0 Å². The molecule has 5 heteroatoms. The van der Waals surface area contributed by atoms with E-state index in [4.69, 9.17) is 9.84 Å². The van der Waals surface area contributed by atoms with E-state index in [1.165, 1.54) is 0 Å². The Bertz CT molecular complexity index is 843. The molecule has 24 heavy (non-hydrogen) atoms. The van der Waals surface area contributed by atoms with Crippen molar-refractivity contribution < 1.29 is 4.74 Å². The first-order chi connectivity index (χ1) is 11.8. The molecule has 0 amide bonds. The molecule has 120 valence electrons. The molecule has 0 fully saturated rings. The van der Waals surface area contributed by atoms with Gasteiger partial charge in [-0.15, -0.1) is 0 Å². The SMILES string of the molecule is C[C@@H]1Oc2ccccc2C(=NNc2ccccc2)[C@H]1n1ccnc1. The van der Waals surface area contributed by atoms with E-state index < -0.39 is 0 Å². The summed E-state index contributed by atoms with van der Waals surface area (Å²) in [7, 11) is 0. The largest absolute Gasteiger partial charge is 0.487 e. The smallest absolute Gasteiger partial charge is 0.129 e. The van der Waals surface area contributed by atoms with Gasteiger partial charge in [-0.3, -0.25) is 5.43 Å². The second-order valence-electron chi connectivity index (χ2n) is 5.75. The molecule has 2 heterocycles. The zero-order valence-corrected chi connectivity index (χ0v) is 13.3. The number of benzene rings is 2. The first-order valence-electron chi connectivity index (χ1n) is 7.95. The molecule has 1 N–H and O–H groups in total. The topological polar surface area (TPSA) is 51.4 Å². The van der Waals surface area contributed by atoms with Gasteiger partial charge in [0.15, 0.2) is 0 Å². The van der Waals surface area contributed by atoms with Crippen LogP contribution >= 0.6 is 0 Å². The van der Waals surface area contributed by atoms with Crippen molar-refractivity contribution in [3.63, 3.8) is 0 Å². The monoisotopic (exact) mass is 318 g/mol. The fourth-order valence-corrected chi connectivity index (χ4v) is 3.01. The molecular formula is C19H18N4O. The van der Waals surface area contributed by atoms with Crippen molar-refractivity contribution in [1.29, 1.82) is 0 Å². The average molecular weight is 318 g/mol. The summed E-state index contributed by atoms with van der Waals surface area (Å²) in [5.41, 5.74) is 6.05. The molecule has 1 aliphatic rings. The lowest BCUT2D eigenvalue weighted by Crippen LogP contribution is -2.38. The Hall–Kier alpha value is -3.08. The van der Waals surface area contributed by atoms with Gasteiger partial charge in [0.05, 0.1) is 17.7 Å². The Balaban J connectivity index is 1.78. The number of imidazole rings is 1. The predicted molar refractivity (Wildman–Crippen MR) is 94.4 cm³/mol. The quantitative estimate of drug-likeness (QED) is 0.749. The third-order valence-electron chi connectivity index (χ3n) is 4.13. The lowest BCUT2D eigenvalue weighted by atomic mass is 9.95. The van der Waals surface area contributed by atoms with E-state index in [0.717, 1.165) is 22.7 Å². The zero-order valence-electron chi connectivity index (χ0n) is 13.3. The number of aromatic nitrogens is 2. The highest BCUT2D eigenvalue weighted by molar-refractivity contribution is 6.07. The molecule has 0 unspecified atom stereocenters. The van der Waals surface area contributed by atoms with E-state index in [1.807, 2.05) is 65.4 Å². The number of ether oxygens (including phenoxy) is 1. The zero-order chi connectivity index (χ0) is 16.4. The highest BCUT2D eigenvalue weighted by atomic mass is 16.5. The first kappa shape index (κ1) is 14.5. The normalized spacial score (nSPS) is 21.1. The van der Waals surface area contributed by atoms with E-state index in [-0.39, 0.29) is 12.1 Å². The Kier molecular flexibility index (Phi) is 3.75. The molecule has 2 atom stereocenters. The molecule has 0 saturated heterocycles. The standard InChI is InChI=1S/C19H18N4O/c1-14-19(23-12-11-20-13-23)18(16-9-5-6-10-17(16)24-14)22-21-15-7-3-2-4-8-15/h2-14,19,21H,1H3/t14-,19-/m0/s1. The molecule has 0 bridgehead atoms. The number of rotatable bonds is 3. The molecular weight excluding hydrogens is 300 g/mol. The maximum atomic E-state index is 6.09. The van der Waals surface area contributed by atoms with Crippen LogP contribution in [0.1, 0.15) is 18.5 Å². The van der Waals surface area contributed by atoms with Crippen LogP contribution in [0.5, 0.6) is 5.75 Å². The third-order valence-corrected chi connectivity index (χ3v) is 4.13. The minimum atomic E-state index is -0.0505. The van der Waals surface area contributed by atoms with Gasteiger partial charge in [0.25, 0.3) is 0 Å². The van der Waals surface area contributed by atoms with Crippen LogP contribution in [0.15, 0.2) is 78.4 Å². The van der Waals surface area contributed by atoms with Gasteiger partial charge in [-0.25, -0.2) is 4.98 Å². The summed E-state index contributed by atoms with van der Waals surface area (Å²) in [6.45, 7) is 2.05. The van der Waals surface area contributed by atoms with Gasteiger partial charge in [-0.05, 0) is 31.2 Å². The van der Waals surface area contributed by atoms with E-state index in [1.54, 1.807) is 12.5 Å². The number of hydrazone groups is 1. The molecule has 0 aliphatic carbocycles. The molecule has 2 aromatic carbocycles. The number of anilines is 1. The Morgan fingerprint density at radius 3 is 2.67 bits per heavy atom. The van der Waals surface area contributed by atoms with Gasteiger partial charge < -0.3 is 9.30 Å². The van der Waals surface area contributed by atoms with Crippen LogP contribution in [0.2, 0.25) is 0 Å². The maximum absolute atomic E-state index is 6.09. The Morgan fingerprint density at radius 2 is 1.88 bits per heavy atom. The Labute approximate surface area is 140 Å². The molecule has 0 spiro atoms. The van der Waals surface area contributed by atoms with Crippen molar-refractivity contribution in [1.82, 2.24) is 9.55 Å². The van der Waals surface area contributed by atoms with Crippen LogP contribution in [0.25, 0.3) is 0 Å². The Morgan fingerprint density at radius 1 is 1.08 bits per heavy atom. The number of hydrogen-bond donors (Lipinski definition) is 1. The van der Waals surface area contributed by atoms with Gasteiger partial charge in [-0.1, -0.05) is 30.3 Å². The summed E-state index contributed by atoms with van der Waals surface area (Å²) in [5, 5.41) is 4.72. The molecule has 0 saturated carbocycles. The van der Waals surface area contributed by atoms with Crippen LogP contribution in [0.4, 0.5) is 5.69 Å². The van der Waals surface area contributed by atoms with Gasteiger partial charge in [0, 0.05) is 18.0 Å². The molecule has 4 rings (SSSR count). The van der Waals surface area contributed by atoms with Crippen molar-refractivity contribution in [3.05, 3.63) is 78.9 Å². The maximum Gasteiger partial charge on any atom is 0.129 e. The van der Waals surface area contributed by atoms with E-state index >= 15 is 0 Å². The minimum Gasteiger partial charge on any atom is -0.487 e. The van der Waals surface area contributed by atoms with Gasteiger partial charge >= 0.3 is 0 Å². The second-order valence-corrected chi connectivity index (χ2v) is 5.75. The van der Waals surface area contributed by atoms with Crippen LogP contribution in [0, 0.1) is 0 Å². The van der Waals surface area contributed by atoms with Crippen LogP contribution in [-0.4, -0.2) is 21.4 Å². The van der Waals surface area contributed by atoms with Gasteiger partial charge in [0.1, 0.15) is 17.9 Å². The fourth-order valence-electron chi connectivity index (χ4n) is 3.01. The number of para-hydroxylation sites is 2. The van der Waals surface area contributed by atoms with Gasteiger partial charge in [0.2, 0.25) is 0 Å². The number of hydrogen-bond acceptors (Lipinski definition) is 4. The molecule has 1 aliphatic heterocycles. The van der Waals surface area contributed by atoms with E-state index in [2.05, 4.69) is 17.3 Å². The fraction of sp³-hybridized carbons (Fsp3) is 0.158. The lowest BCUT2D eigenvalue weighted by molar-refractivity contribution is 0.177. The lowest BCUT2D eigenvalue weighted by Gasteiger charge is -2.33. The number of nitrogens with one attached hydrogen (secondary N) is 1. The second kappa shape index (κ2) is 6.20. The minimum absolute atomic E-state index is 0.0430. The highest BCUT2D eigenvalue weighted by Crippen LogP contribution is 2.34. The van der Waals surface area contributed by atoms with Crippen molar-refractivity contribution in [2.24, 2.45) is 5.10 Å². The van der Waals surface area contributed by atoms with Crippen LogP contribution in [0.3, 0.4) is 0 Å². The van der Waals surface area contributed by atoms with Crippen molar-refractivity contribution in [2.75, 3.05) is 5.43 Å². The highest BCUT2D eigenvalue weighted by Gasteiger charge is 2.34. The predicted octanol–water partition coefficient (Wildman–Crippen LogP) is 3.72. The summed E-state index contributed by atoms with van der Waals surface area (Å²) in [6.07, 6.45) is 5.47. The summed E-state index contributed by atoms with van der Waals surface area (Å²) < 4.78 is 8.13. The van der Waals surface area contributed by atoms with Crippen molar-refractivity contribution >= 4 is 11.4 Å². The summed E-state index contributed by atoms with van der Waals surface area (Å²) in [5.74, 6) is 0.856. The summed E-state index contributed by atoms with van der Waals surface area (Å²) in [6, 6.07) is 17.9. The number of fused-ring (bicyclic) bond motifs is 1. The van der Waals surface area contributed by atoms with Crippen molar-refractivity contribution in [2.45, 2.75) is 19.1 Å². The van der Waals surface area contributed by atoms with Crippen molar-refractivity contribution in [3.8, 4) is 5.75 Å². The summed E-state index contributed by atoms with van der Waals surface area (Å²) >= 11 is 0. The molecule has 1 aromatic heterocycles. The van der Waals surface area contributed by atoms with Crippen LogP contribution < -0.4 is 10.2 Å². The van der Waals surface area contributed by atoms with Crippen LogP contribution in [-0.2, 0) is 0 Å². The first-order valence-corrected chi connectivity index (χ1v) is 7.95. The molecule has 3 aromatic rings. The van der Waals surface area contributed by atoms with Gasteiger partial charge in [-0.2, -0.15) is 5.10 Å². The number of nitrogens with zero attached hydrogens (tertiary/aromatic N) is 3.